The average Bonchev–Trinajstić information content (AvgIpc) is 3.33. The SMILES string of the molecule is CCCCC/C=C\C/C=C\C/C=C\C/C=C\CCCC(=O)O[C@H](COC(=O)CCCCCCCCC/C=C\C/C=C\CCCCC)COC(=O)CCCCCCCCCCCCCCCCC. The van der Waals surface area contributed by atoms with Crippen molar-refractivity contribution in [2.24, 2.45) is 0 Å². The van der Waals surface area contributed by atoms with Gasteiger partial charge in [-0.05, 0) is 89.9 Å². The summed E-state index contributed by atoms with van der Waals surface area (Å²) in [4.78, 5) is 38.1. The van der Waals surface area contributed by atoms with E-state index >= 15 is 0 Å². The smallest absolute Gasteiger partial charge is 0.306 e. The number of hydrogen-bond donors (Lipinski definition) is 0. The van der Waals surface area contributed by atoms with Crippen molar-refractivity contribution in [3.05, 3.63) is 72.9 Å². The Hall–Kier alpha value is -3.15. The molecule has 6 nitrogen and oxygen atoms in total. The van der Waals surface area contributed by atoms with Gasteiger partial charge in [0.25, 0.3) is 0 Å². The van der Waals surface area contributed by atoms with Crippen molar-refractivity contribution in [1.82, 2.24) is 0 Å². The molecule has 0 N–H and O–H groups in total. The van der Waals surface area contributed by atoms with Gasteiger partial charge in [0.1, 0.15) is 13.2 Å². The lowest BCUT2D eigenvalue weighted by Gasteiger charge is -2.18. The van der Waals surface area contributed by atoms with Crippen molar-refractivity contribution < 1.29 is 28.6 Å². The van der Waals surface area contributed by atoms with Gasteiger partial charge in [0.05, 0.1) is 0 Å². The molecule has 0 unspecified atom stereocenters. The van der Waals surface area contributed by atoms with Gasteiger partial charge in [-0.25, -0.2) is 0 Å². The monoisotopic (exact) mass is 935 g/mol. The van der Waals surface area contributed by atoms with Crippen LogP contribution in [0.1, 0.15) is 278 Å². The lowest BCUT2D eigenvalue weighted by molar-refractivity contribution is -0.167. The second kappa shape index (κ2) is 55.4. The molecule has 6 heteroatoms. The summed E-state index contributed by atoms with van der Waals surface area (Å²) < 4.78 is 16.8. The quantitative estimate of drug-likeness (QED) is 0.0262. The first-order chi connectivity index (χ1) is 33.0. The minimum Gasteiger partial charge on any atom is -0.462 e. The second-order valence-corrected chi connectivity index (χ2v) is 18.8. The summed E-state index contributed by atoms with van der Waals surface area (Å²) in [6.07, 6.45) is 70.3. The molecule has 0 radical (unpaired) electrons. The van der Waals surface area contributed by atoms with E-state index in [0.717, 1.165) is 77.0 Å². The summed E-state index contributed by atoms with van der Waals surface area (Å²) in [6.45, 7) is 6.55. The van der Waals surface area contributed by atoms with Gasteiger partial charge in [0.2, 0.25) is 0 Å². The highest BCUT2D eigenvalue weighted by Crippen LogP contribution is 2.15. The Labute approximate surface area is 414 Å². The van der Waals surface area contributed by atoms with E-state index in [0.29, 0.717) is 19.3 Å². The Balaban J connectivity index is 4.47. The van der Waals surface area contributed by atoms with Crippen molar-refractivity contribution in [3.8, 4) is 0 Å². The van der Waals surface area contributed by atoms with Gasteiger partial charge in [0.15, 0.2) is 6.10 Å². The molecule has 0 aromatic rings. The molecule has 0 saturated heterocycles. The van der Waals surface area contributed by atoms with Gasteiger partial charge < -0.3 is 14.2 Å². The minimum atomic E-state index is -0.806. The van der Waals surface area contributed by atoms with E-state index in [-0.39, 0.29) is 37.5 Å². The Kier molecular flexibility index (Phi) is 52.8. The maximum absolute atomic E-state index is 12.8. The zero-order valence-corrected chi connectivity index (χ0v) is 44.2. The minimum absolute atomic E-state index is 0.0975. The molecule has 1 atom stereocenters. The van der Waals surface area contributed by atoms with Crippen molar-refractivity contribution >= 4 is 17.9 Å². The van der Waals surface area contributed by atoms with E-state index in [1.165, 1.54) is 154 Å². The molecule has 0 aromatic carbocycles. The lowest BCUT2D eigenvalue weighted by atomic mass is 10.0. The number of esters is 3. The molecule has 0 aliphatic carbocycles. The third kappa shape index (κ3) is 53.7. The van der Waals surface area contributed by atoms with Gasteiger partial charge in [-0.3, -0.25) is 14.4 Å². The molecular formula is C61H106O6. The Morgan fingerprint density at radius 3 is 0.910 bits per heavy atom. The van der Waals surface area contributed by atoms with Crippen LogP contribution in [0.4, 0.5) is 0 Å². The number of hydrogen-bond acceptors (Lipinski definition) is 6. The topological polar surface area (TPSA) is 78.9 Å². The molecule has 0 aliphatic rings. The highest BCUT2D eigenvalue weighted by molar-refractivity contribution is 5.71. The fraction of sp³-hybridized carbons (Fsp3) is 0.754. The summed E-state index contributed by atoms with van der Waals surface area (Å²) in [5, 5.41) is 0. The Morgan fingerprint density at radius 2 is 0.552 bits per heavy atom. The Morgan fingerprint density at radius 1 is 0.299 bits per heavy atom. The van der Waals surface area contributed by atoms with E-state index in [1.54, 1.807) is 0 Å². The molecular weight excluding hydrogens is 829 g/mol. The van der Waals surface area contributed by atoms with E-state index in [2.05, 4.69) is 93.7 Å². The maximum Gasteiger partial charge on any atom is 0.306 e. The van der Waals surface area contributed by atoms with Crippen LogP contribution in [0.2, 0.25) is 0 Å². The highest BCUT2D eigenvalue weighted by atomic mass is 16.6. The molecule has 0 rings (SSSR count). The van der Waals surface area contributed by atoms with Crippen LogP contribution in [-0.2, 0) is 28.6 Å². The van der Waals surface area contributed by atoms with Crippen LogP contribution < -0.4 is 0 Å². The predicted molar refractivity (Wildman–Crippen MR) is 288 cm³/mol. The molecule has 0 aromatic heterocycles. The molecule has 0 bridgehead atoms. The maximum atomic E-state index is 12.8. The van der Waals surface area contributed by atoms with Gasteiger partial charge in [-0.2, -0.15) is 0 Å². The van der Waals surface area contributed by atoms with Crippen LogP contribution in [-0.4, -0.2) is 37.2 Å². The van der Waals surface area contributed by atoms with Crippen LogP contribution in [0.3, 0.4) is 0 Å². The van der Waals surface area contributed by atoms with Crippen LogP contribution >= 0.6 is 0 Å². The first-order valence-corrected chi connectivity index (χ1v) is 28.4. The fourth-order valence-corrected chi connectivity index (χ4v) is 7.88. The largest absolute Gasteiger partial charge is 0.462 e. The Bertz CT molecular complexity index is 1260. The second-order valence-electron chi connectivity index (χ2n) is 18.8. The molecule has 67 heavy (non-hydrogen) atoms. The number of carbonyl (C=O) groups is 3. The highest BCUT2D eigenvalue weighted by Gasteiger charge is 2.19. The molecule has 0 fully saturated rings. The van der Waals surface area contributed by atoms with Crippen molar-refractivity contribution in [1.29, 1.82) is 0 Å². The van der Waals surface area contributed by atoms with Gasteiger partial charge >= 0.3 is 17.9 Å². The standard InChI is InChI=1S/C61H106O6/c1-4-7-10-13-16-19-22-25-28-30-33-36-39-42-45-48-51-54-60(63)66-57-58(56-65-59(62)53-50-47-44-41-38-35-32-27-24-21-18-15-12-9-6-3)67-61(64)55-52-49-46-43-40-37-34-31-29-26-23-20-17-14-11-8-5-2/h16-17,19-20,25-26,28-29,34,37,43,46,58H,4-15,18,21-24,27,30-33,35-36,38-42,44-45,47-57H2,1-3H3/b19-16-,20-17-,28-25-,29-26-,37-34-,46-43-/t58-/m0/s1. The number of ether oxygens (including phenoxy) is 3. The average molecular weight is 936 g/mol. The normalized spacial score (nSPS) is 12.6. The predicted octanol–water partition coefficient (Wildman–Crippen LogP) is 19.0. The van der Waals surface area contributed by atoms with Crippen LogP contribution in [0.15, 0.2) is 72.9 Å². The van der Waals surface area contributed by atoms with Crippen LogP contribution in [0, 0.1) is 0 Å². The number of allylic oxidation sites excluding steroid dienone is 12. The van der Waals surface area contributed by atoms with E-state index < -0.39 is 6.10 Å². The third-order valence-electron chi connectivity index (χ3n) is 12.2. The first-order valence-electron chi connectivity index (χ1n) is 28.4. The molecule has 0 amide bonds. The number of unbranched alkanes of at least 4 members (excludes halogenated alkanes) is 28. The molecule has 0 spiro atoms. The fourth-order valence-electron chi connectivity index (χ4n) is 7.88. The molecule has 0 aliphatic heterocycles. The number of rotatable bonds is 51. The van der Waals surface area contributed by atoms with Gasteiger partial charge in [0, 0.05) is 19.3 Å². The summed E-state index contributed by atoms with van der Waals surface area (Å²) in [7, 11) is 0. The zero-order valence-electron chi connectivity index (χ0n) is 44.2. The van der Waals surface area contributed by atoms with E-state index in [1.807, 2.05) is 0 Å². The van der Waals surface area contributed by atoms with Crippen molar-refractivity contribution in [2.75, 3.05) is 13.2 Å². The summed E-state index contributed by atoms with van der Waals surface area (Å²) in [5.41, 5.74) is 0. The van der Waals surface area contributed by atoms with Gasteiger partial charge in [-0.1, -0.05) is 241 Å². The third-order valence-corrected chi connectivity index (χ3v) is 12.2. The first kappa shape index (κ1) is 63.8. The zero-order chi connectivity index (χ0) is 48.6. The van der Waals surface area contributed by atoms with Crippen molar-refractivity contribution in [3.63, 3.8) is 0 Å². The molecule has 0 saturated carbocycles. The summed E-state index contributed by atoms with van der Waals surface area (Å²) in [6, 6.07) is 0. The van der Waals surface area contributed by atoms with Crippen LogP contribution in [0.25, 0.3) is 0 Å². The molecule has 0 heterocycles. The lowest BCUT2D eigenvalue weighted by Crippen LogP contribution is -2.30. The van der Waals surface area contributed by atoms with Crippen molar-refractivity contribution in [2.45, 2.75) is 284 Å². The summed E-state index contributed by atoms with van der Waals surface area (Å²) in [5.74, 6) is -0.954. The molecule has 386 valence electrons. The summed E-state index contributed by atoms with van der Waals surface area (Å²) >= 11 is 0. The number of carbonyl (C=O) groups excluding carboxylic acids is 3. The van der Waals surface area contributed by atoms with Crippen LogP contribution in [0.5, 0.6) is 0 Å². The van der Waals surface area contributed by atoms with Gasteiger partial charge in [-0.15, -0.1) is 0 Å². The van der Waals surface area contributed by atoms with E-state index in [9.17, 15) is 14.4 Å². The van der Waals surface area contributed by atoms with E-state index in [4.69, 9.17) is 14.2 Å².